The fraction of sp³-hybridized carbons (Fsp3) is 0.368. The minimum Gasteiger partial charge on any atom is -0.373 e. The zero-order valence-corrected chi connectivity index (χ0v) is 15.8. The predicted molar refractivity (Wildman–Crippen MR) is 105 cm³/mol. The zero-order chi connectivity index (χ0) is 20.6. The summed E-state index contributed by atoms with van der Waals surface area (Å²) >= 11 is 0. The second-order valence-electron chi connectivity index (χ2n) is 6.64. The Labute approximate surface area is 167 Å². The molecule has 1 fully saturated rings. The fourth-order valence-electron chi connectivity index (χ4n) is 3.16. The van der Waals surface area contributed by atoms with Gasteiger partial charge < -0.3 is 20.4 Å². The number of carbonyl (C=O) groups excluding carboxylic acids is 2. The fourth-order valence-corrected chi connectivity index (χ4v) is 3.16. The van der Waals surface area contributed by atoms with Gasteiger partial charge in [-0.15, -0.1) is 0 Å². The maximum Gasteiger partial charge on any atom is 0.326 e. The van der Waals surface area contributed by atoms with Crippen LogP contribution in [0.5, 0.6) is 0 Å². The summed E-state index contributed by atoms with van der Waals surface area (Å²) in [6.07, 6.45) is 4.94. The lowest BCUT2D eigenvalue weighted by molar-refractivity contribution is -0.144. The molecule has 1 amide bonds. The van der Waals surface area contributed by atoms with Crippen molar-refractivity contribution in [3.8, 4) is 0 Å². The smallest absolute Gasteiger partial charge is 0.326 e. The highest BCUT2D eigenvalue weighted by Crippen LogP contribution is 2.25. The standard InChI is InChI=1S/C19H23FN6O3/c20-15-12-13(18(28)22-9-4-17(27)29-21)2-3-16(15)26-10-5-14(6-11-26)25-19-23-7-1-8-24-19/h1-3,7-8,12,14H,4-6,9-11,21H2,(H,22,28)(H,23,24,25). The lowest BCUT2D eigenvalue weighted by Gasteiger charge is -2.34. The molecule has 1 aromatic carbocycles. The predicted octanol–water partition coefficient (Wildman–Crippen LogP) is 1.23. The van der Waals surface area contributed by atoms with Crippen LogP contribution in [0.3, 0.4) is 0 Å². The highest BCUT2D eigenvalue weighted by atomic mass is 19.1. The number of aromatic nitrogens is 2. The molecular formula is C19H23FN6O3. The van der Waals surface area contributed by atoms with Crippen molar-refractivity contribution in [2.45, 2.75) is 25.3 Å². The normalized spacial score (nSPS) is 14.3. The van der Waals surface area contributed by atoms with Gasteiger partial charge in [0, 0.05) is 43.6 Å². The van der Waals surface area contributed by atoms with Crippen molar-refractivity contribution in [2.75, 3.05) is 29.9 Å². The zero-order valence-electron chi connectivity index (χ0n) is 15.8. The summed E-state index contributed by atoms with van der Waals surface area (Å²) in [6.45, 7) is 1.41. The molecule has 0 saturated carbocycles. The van der Waals surface area contributed by atoms with Gasteiger partial charge in [0.15, 0.2) is 0 Å². The van der Waals surface area contributed by atoms with Crippen molar-refractivity contribution in [3.05, 3.63) is 48.0 Å². The monoisotopic (exact) mass is 402 g/mol. The minimum absolute atomic E-state index is 0.0557. The Hall–Kier alpha value is -3.27. The number of benzene rings is 1. The maximum absolute atomic E-state index is 14.6. The first-order valence-corrected chi connectivity index (χ1v) is 9.32. The highest BCUT2D eigenvalue weighted by molar-refractivity contribution is 5.94. The minimum atomic E-state index is -0.636. The van der Waals surface area contributed by atoms with Gasteiger partial charge in [-0.3, -0.25) is 9.59 Å². The van der Waals surface area contributed by atoms with E-state index in [-0.39, 0.29) is 24.6 Å². The molecule has 9 nitrogen and oxygen atoms in total. The van der Waals surface area contributed by atoms with E-state index >= 15 is 0 Å². The van der Waals surface area contributed by atoms with Crippen LogP contribution >= 0.6 is 0 Å². The van der Waals surface area contributed by atoms with Gasteiger partial charge in [-0.2, -0.15) is 5.90 Å². The maximum atomic E-state index is 14.6. The summed E-state index contributed by atoms with van der Waals surface area (Å²) in [5, 5.41) is 5.81. The SMILES string of the molecule is NOC(=O)CCNC(=O)c1ccc(N2CCC(Nc3ncccn3)CC2)c(F)c1. The molecule has 0 aliphatic carbocycles. The first-order valence-electron chi connectivity index (χ1n) is 9.32. The first kappa shape index (κ1) is 20.5. The molecule has 0 atom stereocenters. The lowest BCUT2D eigenvalue weighted by atomic mass is 10.0. The summed E-state index contributed by atoms with van der Waals surface area (Å²) < 4.78 is 14.6. The van der Waals surface area contributed by atoms with Gasteiger partial charge >= 0.3 is 5.97 Å². The topological polar surface area (TPSA) is 122 Å². The third kappa shape index (κ3) is 5.61. The van der Waals surface area contributed by atoms with E-state index in [4.69, 9.17) is 5.90 Å². The van der Waals surface area contributed by atoms with Gasteiger partial charge in [-0.1, -0.05) is 0 Å². The molecule has 2 heterocycles. The molecule has 0 spiro atoms. The number of hydrogen-bond donors (Lipinski definition) is 3. The van der Waals surface area contributed by atoms with Crippen LogP contribution in [0.15, 0.2) is 36.7 Å². The number of hydrogen-bond acceptors (Lipinski definition) is 8. The Morgan fingerprint density at radius 3 is 2.62 bits per heavy atom. The first-order chi connectivity index (χ1) is 14.1. The van der Waals surface area contributed by atoms with Crippen LogP contribution in [0, 0.1) is 5.82 Å². The summed E-state index contributed by atoms with van der Waals surface area (Å²) in [5.41, 5.74) is 0.646. The molecule has 1 saturated heterocycles. The Morgan fingerprint density at radius 1 is 1.24 bits per heavy atom. The number of anilines is 2. The molecule has 2 aromatic rings. The van der Waals surface area contributed by atoms with Gasteiger partial charge in [0.25, 0.3) is 5.91 Å². The number of rotatable bonds is 7. The third-order valence-electron chi connectivity index (χ3n) is 4.69. The van der Waals surface area contributed by atoms with Gasteiger partial charge in [0.05, 0.1) is 12.1 Å². The molecule has 1 aromatic heterocycles. The summed E-state index contributed by atoms with van der Waals surface area (Å²) in [7, 11) is 0. The van der Waals surface area contributed by atoms with Crippen molar-refractivity contribution in [1.82, 2.24) is 15.3 Å². The van der Waals surface area contributed by atoms with Crippen molar-refractivity contribution in [2.24, 2.45) is 5.90 Å². The van der Waals surface area contributed by atoms with Crippen LogP contribution in [-0.4, -0.2) is 47.5 Å². The molecule has 29 heavy (non-hydrogen) atoms. The number of nitrogens with one attached hydrogen (secondary N) is 2. The Bertz CT molecular complexity index is 843. The van der Waals surface area contributed by atoms with Gasteiger partial charge in [-0.25, -0.2) is 14.4 Å². The highest BCUT2D eigenvalue weighted by Gasteiger charge is 2.22. The molecule has 10 heteroatoms. The van der Waals surface area contributed by atoms with Crippen LogP contribution < -0.4 is 21.4 Å². The van der Waals surface area contributed by atoms with E-state index in [1.165, 1.54) is 6.07 Å². The molecule has 4 N–H and O–H groups in total. The number of nitrogens with zero attached hydrogens (tertiary/aromatic N) is 3. The van der Waals surface area contributed by atoms with E-state index in [1.54, 1.807) is 30.6 Å². The molecular weight excluding hydrogens is 379 g/mol. The van der Waals surface area contributed by atoms with Crippen LogP contribution in [0.1, 0.15) is 29.6 Å². The largest absolute Gasteiger partial charge is 0.373 e. The quantitative estimate of drug-likeness (QED) is 0.591. The third-order valence-corrected chi connectivity index (χ3v) is 4.69. The van der Waals surface area contributed by atoms with Gasteiger partial charge in [-0.05, 0) is 37.1 Å². The second kappa shape index (κ2) is 9.78. The molecule has 154 valence electrons. The van der Waals surface area contributed by atoms with E-state index in [1.807, 2.05) is 4.90 Å². The van der Waals surface area contributed by atoms with Crippen molar-refractivity contribution >= 4 is 23.5 Å². The average Bonchev–Trinajstić information content (AvgIpc) is 2.75. The van der Waals surface area contributed by atoms with Crippen LogP contribution in [0.4, 0.5) is 16.0 Å². The van der Waals surface area contributed by atoms with E-state index < -0.39 is 17.7 Å². The lowest BCUT2D eigenvalue weighted by Crippen LogP contribution is -2.39. The van der Waals surface area contributed by atoms with Crippen molar-refractivity contribution in [3.63, 3.8) is 0 Å². The molecule has 0 radical (unpaired) electrons. The molecule has 0 bridgehead atoms. The second-order valence-corrected chi connectivity index (χ2v) is 6.64. The van der Waals surface area contributed by atoms with Crippen LogP contribution in [-0.2, 0) is 9.63 Å². The number of piperidine rings is 1. The number of halogens is 1. The van der Waals surface area contributed by atoms with E-state index in [0.29, 0.717) is 24.7 Å². The Balaban J connectivity index is 1.53. The summed E-state index contributed by atoms with van der Waals surface area (Å²) in [6, 6.07) is 6.36. The molecule has 1 aliphatic heterocycles. The number of amides is 1. The van der Waals surface area contributed by atoms with Crippen LogP contribution in [0.2, 0.25) is 0 Å². The van der Waals surface area contributed by atoms with Crippen molar-refractivity contribution in [1.29, 1.82) is 0 Å². The van der Waals surface area contributed by atoms with Gasteiger partial charge in [0.1, 0.15) is 5.82 Å². The van der Waals surface area contributed by atoms with Crippen LogP contribution in [0.25, 0.3) is 0 Å². The Morgan fingerprint density at radius 2 is 1.97 bits per heavy atom. The van der Waals surface area contributed by atoms with Gasteiger partial charge in [0.2, 0.25) is 5.95 Å². The average molecular weight is 402 g/mol. The van der Waals surface area contributed by atoms with Crippen molar-refractivity contribution < 1.29 is 18.8 Å². The number of carbonyl (C=O) groups is 2. The van der Waals surface area contributed by atoms with E-state index in [2.05, 4.69) is 25.4 Å². The van der Waals surface area contributed by atoms with E-state index in [9.17, 15) is 14.0 Å². The summed E-state index contributed by atoms with van der Waals surface area (Å²) in [4.78, 5) is 37.3. The summed E-state index contributed by atoms with van der Waals surface area (Å²) in [5.74, 6) is 3.75. The molecule has 3 rings (SSSR count). The Kier molecular flexibility index (Phi) is 6.90. The molecule has 0 unspecified atom stereocenters. The molecule has 1 aliphatic rings. The van der Waals surface area contributed by atoms with E-state index in [0.717, 1.165) is 12.8 Å². The number of nitrogens with two attached hydrogens (primary N) is 1.